The first-order valence-electron chi connectivity index (χ1n) is 5.97. The Bertz CT molecular complexity index is 616. The van der Waals surface area contributed by atoms with E-state index in [1.165, 1.54) is 19.3 Å². The maximum Gasteiger partial charge on any atom is 0.338 e. The molecule has 0 aliphatic heterocycles. The quantitative estimate of drug-likeness (QED) is 0.779. The minimum Gasteiger partial charge on any atom is -0.478 e. The average molecular weight is 274 g/mol. The summed E-state index contributed by atoms with van der Waals surface area (Å²) < 4.78 is 5.12. The minimum absolute atomic E-state index is 0.123. The predicted octanol–water partition coefficient (Wildman–Crippen LogP) is 2.55. The van der Waals surface area contributed by atoms with Crippen molar-refractivity contribution in [3.8, 4) is 0 Å². The van der Waals surface area contributed by atoms with Gasteiger partial charge in [0.2, 0.25) is 5.91 Å². The lowest BCUT2D eigenvalue weighted by Gasteiger charge is -2.06. The maximum atomic E-state index is 10.9. The molecule has 20 heavy (non-hydrogen) atoms. The summed E-state index contributed by atoms with van der Waals surface area (Å²) in [6.07, 6.45) is 1.21. The van der Waals surface area contributed by atoms with Gasteiger partial charge in [0.05, 0.1) is 12.1 Å². The molecule has 0 aliphatic rings. The van der Waals surface area contributed by atoms with Gasteiger partial charge in [-0.25, -0.2) is 4.79 Å². The molecule has 0 unspecified atom stereocenters. The second-order valence-corrected chi connectivity index (χ2v) is 4.22. The number of carboxylic acid groups (broad SMARTS) is 1. The number of anilines is 2. The number of carbonyl (C=O) groups excluding carboxylic acids is 1. The summed E-state index contributed by atoms with van der Waals surface area (Å²) in [5, 5.41) is 14.5. The zero-order valence-electron chi connectivity index (χ0n) is 10.8. The van der Waals surface area contributed by atoms with Crippen LogP contribution in [0.2, 0.25) is 0 Å². The highest BCUT2D eigenvalue weighted by molar-refractivity contribution is 5.88. The summed E-state index contributed by atoms with van der Waals surface area (Å²) in [6.45, 7) is 1.83. The van der Waals surface area contributed by atoms with Gasteiger partial charge >= 0.3 is 5.97 Å². The van der Waals surface area contributed by atoms with Gasteiger partial charge in [0.25, 0.3) is 0 Å². The third-order valence-electron chi connectivity index (χ3n) is 2.57. The molecule has 0 radical (unpaired) electrons. The third-order valence-corrected chi connectivity index (χ3v) is 2.57. The van der Waals surface area contributed by atoms with E-state index in [4.69, 9.17) is 9.52 Å². The summed E-state index contributed by atoms with van der Waals surface area (Å²) >= 11 is 0. The van der Waals surface area contributed by atoms with E-state index in [-0.39, 0.29) is 11.5 Å². The van der Waals surface area contributed by atoms with Crippen LogP contribution in [-0.4, -0.2) is 17.0 Å². The van der Waals surface area contributed by atoms with Gasteiger partial charge in [-0.05, 0) is 30.3 Å². The number of nitrogens with one attached hydrogen (secondary N) is 2. The number of hydrogen-bond donors (Lipinski definition) is 3. The second-order valence-electron chi connectivity index (χ2n) is 4.22. The number of furan rings is 1. The van der Waals surface area contributed by atoms with Crippen LogP contribution in [0.5, 0.6) is 0 Å². The zero-order chi connectivity index (χ0) is 14.5. The SMILES string of the molecule is CC(=O)Nc1ccc(NCc2cc(C(=O)O)co2)cc1. The Hall–Kier alpha value is -2.76. The minimum atomic E-state index is -1.01. The highest BCUT2D eigenvalue weighted by Crippen LogP contribution is 2.15. The van der Waals surface area contributed by atoms with E-state index in [0.717, 1.165) is 5.69 Å². The number of carboxylic acids is 1. The molecule has 2 rings (SSSR count). The monoisotopic (exact) mass is 274 g/mol. The molecule has 1 heterocycles. The lowest BCUT2D eigenvalue weighted by atomic mass is 10.2. The van der Waals surface area contributed by atoms with Crippen LogP contribution < -0.4 is 10.6 Å². The Morgan fingerprint density at radius 3 is 2.40 bits per heavy atom. The van der Waals surface area contributed by atoms with Crippen molar-refractivity contribution in [3.05, 3.63) is 47.9 Å². The highest BCUT2D eigenvalue weighted by atomic mass is 16.4. The van der Waals surface area contributed by atoms with Gasteiger partial charge in [-0.1, -0.05) is 0 Å². The molecule has 0 fully saturated rings. The van der Waals surface area contributed by atoms with Crippen LogP contribution in [-0.2, 0) is 11.3 Å². The largest absolute Gasteiger partial charge is 0.478 e. The number of rotatable bonds is 5. The van der Waals surface area contributed by atoms with Gasteiger partial charge in [-0.2, -0.15) is 0 Å². The number of hydrogen-bond acceptors (Lipinski definition) is 4. The molecule has 2 aromatic rings. The molecule has 104 valence electrons. The van der Waals surface area contributed by atoms with Crippen molar-refractivity contribution in [2.24, 2.45) is 0 Å². The van der Waals surface area contributed by atoms with Crippen molar-refractivity contribution in [1.29, 1.82) is 0 Å². The second kappa shape index (κ2) is 5.92. The average Bonchev–Trinajstić information content (AvgIpc) is 2.86. The number of amides is 1. The third kappa shape index (κ3) is 3.61. The molecule has 0 saturated heterocycles. The van der Waals surface area contributed by atoms with Gasteiger partial charge in [-0.15, -0.1) is 0 Å². The standard InChI is InChI=1S/C14H14N2O4/c1-9(17)16-12-4-2-11(3-5-12)15-7-13-6-10(8-20-13)14(18)19/h2-6,8,15H,7H2,1H3,(H,16,17)(H,18,19). The van der Waals surface area contributed by atoms with E-state index < -0.39 is 5.97 Å². The van der Waals surface area contributed by atoms with Crippen LogP contribution in [0, 0.1) is 0 Å². The summed E-state index contributed by atoms with van der Waals surface area (Å²) in [5.41, 5.74) is 1.68. The Balaban J connectivity index is 1.93. The van der Waals surface area contributed by atoms with E-state index >= 15 is 0 Å². The molecule has 0 saturated carbocycles. The smallest absolute Gasteiger partial charge is 0.338 e. The first kappa shape index (κ1) is 13.7. The Morgan fingerprint density at radius 2 is 1.85 bits per heavy atom. The van der Waals surface area contributed by atoms with Crippen molar-refractivity contribution >= 4 is 23.3 Å². The van der Waals surface area contributed by atoms with E-state index in [2.05, 4.69) is 10.6 Å². The number of carbonyl (C=O) groups is 2. The molecule has 1 amide bonds. The highest BCUT2D eigenvalue weighted by Gasteiger charge is 2.07. The summed E-state index contributed by atoms with van der Waals surface area (Å²) in [5.74, 6) is -0.601. The maximum absolute atomic E-state index is 10.9. The van der Waals surface area contributed by atoms with Gasteiger partial charge < -0.3 is 20.2 Å². The summed E-state index contributed by atoms with van der Waals surface area (Å²) in [6, 6.07) is 8.64. The zero-order valence-corrected chi connectivity index (χ0v) is 10.8. The molecule has 0 bridgehead atoms. The Labute approximate surface area is 115 Å². The Kier molecular flexibility index (Phi) is 4.05. The van der Waals surface area contributed by atoms with Crippen LogP contribution in [0.15, 0.2) is 41.0 Å². The van der Waals surface area contributed by atoms with Gasteiger partial charge in [0, 0.05) is 18.3 Å². The first-order valence-corrected chi connectivity index (χ1v) is 5.97. The lowest BCUT2D eigenvalue weighted by molar-refractivity contribution is -0.114. The predicted molar refractivity (Wildman–Crippen MR) is 73.7 cm³/mol. The van der Waals surface area contributed by atoms with Crippen molar-refractivity contribution < 1.29 is 19.1 Å². The van der Waals surface area contributed by atoms with Crippen molar-refractivity contribution in [1.82, 2.24) is 0 Å². The van der Waals surface area contributed by atoms with E-state index in [9.17, 15) is 9.59 Å². The molecule has 1 aromatic heterocycles. The molecule has 0 aliphatic carbocycles. The lowest BCUT2D eigenvalue weighted by Crippen LogP contribution is -2.05. The normalized spacial score (nSPS) is 10.1. The van der Waals surface area contributed by atoms with Crippen LogP contribution in [0.3, 0.4) is 0 Å². The topological polar surface area (TPSA) is 91.6 Å². The van der Waals surface area contributed by atoms with Gasteiger partial charge in [0.1, 0.15) is 12.0 Å². The van der Waals surface area contributed by atoms with Crippen LogP contribution in [0.4, 0.5) is 11.4 Å². The molecular formula is C14H14N2O4. The summed E-state index contributed by atoms with van der Waals surface area (Å²) in [4.78, 5) is 21.6. The fourth-order valence-electron chi connectivity index (χ4n) is 1.65. The Morgan fingerprint density at radius 1 is 1.20 bits per heavy atom. The summed E-state index contributed by atoms with van der Waals surface area (Å²) in [7, 11) is 0. The van der Waals surface area contributed by atoms with Crippen LogP contribution >= 0.6 is 0 Å². The van der Waals surface area contributed by atoms with Crippen LogP contribution in [0.25, 0.3) is 0 Å². The number of benzene rings is 1. The van der Waals surface area contributed by atoms with Crippen molar-refractivity contribution in [2.75, 3.05) is 10.6 Å². The van der Waals surface area contributed by atoms with Crippen LogP contribution in [0.1, 0.15) is 23.0 Å². The molecule has 0 spiro atoms. The molecular weight excluding hydrogens is 260 g/mol. The van der Waals surface area contributed by atoms with Crippen molar-refractivity contribution in [2.45, 2.75) is 13.5 Å². The first-order chi connectivity index (χ1) is 9.54. The molecule has 6 heteroatoms. The molecule has 1 aromatic carbocycles. The molecule has 3 N–H and O–H groups in total. The molecule has 6 nitrogen and oxygen atoms in total. The van der Waals surface area contributed by atoms with E-state index in [1.54, 1.807) is 12.1 Å². The van der Waals surface area contributed by atoms with E-state index in [1.807, 2.05) is 12.1 Å². The van der Waals surface area contributed by atoms with E-state index in [0.29, 0.717) is 18.0 Å². The number of aromatic carboxylic acids is 1. The fourth-order valence-corrected chi connectivity index (χ4v) is 1.65. The van der Waals surface area contributed by atoms with Gasteiger partial charge in [-0.3, -0.25) is 4.79 Å². The molecule has 0 atom stereocenters. The van der Waals surface area contributed by atoms with Crippen molar-refractivity contribution in [3.63, 3.8) is 0 Å². The van der Waals surface area contributed by atoms with Gasteiger partial charge in [0.15, 0.2) is 0 Å². The fraction of sp³-hybridized carbons (Fsp3) is 0.143.